The van der Waals surface area contributed by atoms with Gasteiger partial charge in [0.1, 0.15) is 5.82 Å². The molecular formula is C18H17FNO5-. The highest BCUT2D eigenvalue weighted by Crippen LogP contribution is 2.31. The fourth-order valence-electron chi connectivity index (χ4n) is 2.33. The van der Waals surface area contributed by atoms with Crippen LogP contribution in [0.25, 0.3) is 0 Å². The molecule has 2 aromatic carbocycles. The molecule has 2 aromatic rings. The Balaban J connectivity index is 2.28. The lowest BCUT2D eigenvalue weighted by Gasteiger charge is -2.21. The number of methoxy groups -OCH3 is 2. The molecule has 0 aliphatic heterocycles. The smallest absolute Gasteiger partial charge is 0.251 e. The fraction of sp³-hybridized carbons (Fsp3) is 0.222. The van der Waals surface area contributed by atoms with Gasteiger partial charge in [-0.3, -0.25) is 4.79 Å². The maximum Gasteiger partial charge on any atom is 0.251 e. The topological polar surface area (TPSA) is 87.7 Å². The Morgan fingerprint density at radius 3 is 2.28 bits per heavy atom. The largest absolute Gasteiger partial charge is 0.550 e. The molecule has 0 saturated carbocycles. The van der Waals surface area contributed by atoms with E-state index in [1.54, 1.807) is 18.2 Å². The number of carboxylic acids is 1. The average Bonchev–Trinajstić information content (AvgIpc) is 2.60. The summed E-state index contributed by atoms with van der Waals surface area (Å²) in [5.41, 5.74) is 0.725. The lowest BCUT2D eigenvalue weighted by Crippen LogP contribution is -2.34. The van der Waals surface area contributed by atoms with E-state index in [0.717, 1.165) is 12.1 Å². The monoisotopic (exact) mass is 346 g/mol. The average molecular weight is 346 g/mol. The molecule has 2 rings (SSSR count). The molecule has 1 N–H and O–H groups in total. The van der Waals surface area contributed by atoms with Crippen molar-refractivity contribution < 1.29 is 28.6 Å². The first-order chi connectivity index (χ1) is 11.9. The number of benzene rings is 2. The first kappa shape index (κ1) is 18.3. The van der Waals surface area contributed by atoms with E-state index in [-0.39, 0.29) is 5.56 Å². The van der Waals surface area contributed by atoms with Crippen LogP contribution >= 0.6 is 0 Å². The summed E-state index contributed by atoms with van der Waals surface area (Å²) < 4.78 is 23.3. The van der Waals surface area contributed by atoms with Gasteiger partial charge in [-0.2, -0.15) is 0 Å². The number of carboxylic acid groups (broad SMARTS) is 1. The van der Waals surface area contributed by atoms with Crippen LogP contribution in [0.2, 0.25) is 0 Å². The molecular weight excluding hydrogens is 329 g/mol. The van der Waals surface area contributed by atoms with E-state index in [2.05, 4.69) is 5.32 Å². The van der Waals surface area contributed by atoms with Crippen LogP contribution < -0.4 is 19.9 Å². The fourth-order valence-corrected chi connectivity index (χ4v) is 2.33. The van der Waals surface area contributed by atoms with Crippen LogP contribution in [0, 0.1) is 5.82 Å². The summed E-state index contributed by atoms with van der Waals surface area (Å²) >= 11 is 0. The van der Waals surface area contributed by atoms with Crippen molar-refractivity contribution in [2.75, 3.05) is 14.2 Å². The molecule has 0 spiro atoms. The number of hydrogen-bond acceptors (Lipinski definition) is 5. The van der Waals surface area contributed by atoms with Gasteiger partial charge in [0, 0.05) is 18.0 Å². The van der Waals surface area contributed by atoms with Crippen molar-refractivity contribution in [2.45, 2.75) is 12.5 Å². The van der Waals surface area contributed by atoms with E-state index in [9.17, 15) is 19.1 Å². The Hall–Kier alpha value is -3.09. The molecule has 1 atom stereocenters. The summed E-state index contributed by atoms with van der Waals surface area (Å²) in [5, 5.41) is 13.7. The van der Waals surface area contributed by atoms with Gasteiger partial charge in [-0.15, -0.1) is 0 Å². The van der Waals surface area contributed by atoms with Crippen molar-refractivity contribution in [2.24, 2.45) is 0 Å². The van der Waals surface area contributed by atoms with Gasteiger partial charge >= 0.3 is 0 Å². The second kappa shape index (κ2) is 8.14. The third-order valence-corrected chi connectivity index (χ3v) is 3.59. The number of amides is 1. The highest BCUT2D eigenvalue weighted by Gasteiger charge is 2.18. The Kier molecular flexibility index (Phi) is 5.94. The van der Waals surface area contributed by atoms with Crippen LogP contribution in [0.15, 0.2) is 42.5 Å². The van der Waals surface area contributed by atoms with Crippen LogP contribution in [0.5, 0.6) is 11.5 Å². The minimum atomic E-state index is -1.32. The maximum atomic E-state index is 13.0. The third-order valence-electron chi connectivity index (χ3n) is 3.59. The number of halogens is 1. The number of hydrogen-bond donors (Lipinski definition) is 1. The minimum Gasteiger partial charge on any atom is -0.550 e. The zero-order chi connectivity index (χ0) is 18.4. The lowest BCUT2D eigenvalue weighted by molar-refractivity contribution is -0.306. The molecule has 0 radical (unpaired) electrons. The van der Waals surface area contributed by atoms with Gasteiger partial charge in [-0.25, -0.2) is 4.39 Å². The van der Waals surface area contributed by atoms with Gasteiger partial charge in [-0.05, 0) is 42.0 Å². The highest BCUT2D eigenvalue weighted by atomic mass is 19.1. The Labute approximate surface area is 144 Å². The number of aliphatic carboxylic acids is 1. The lowest BCUT2D eigenvalue weighted by atomic mass is 10.0. The minimum absolute atomic E-state index is 0.213. The molecule has 0 aromatic heterocycles. The molecule has 0 unspecified atom stereocenters. The molecule has 0 saturated heterocycles. The van der Waals surface area contributed by atoms with Crippen molar-refractivity contribution in [1.29, 1.82) is 0 Å². The van der Waals surface area contributed by atoms with Crippen molar-refractivity contribution in [3.8, 4) is 11.5 Å². The van der Waals surface area contributed by atoms with Crippen LogP contribution in [0.1, 0.15) is 28.4 Å². The first-order valence-corrected chi connectivity index (χ1v) is 7.42. The zero-order valence-corrected chi connectivity index (χ0v) is 13.7. The SMILES string of the molecule is COc1ccc([C@H](CC(=O)[O-])NC(=O)c2ccc(F)cc2)cc1OC. The quantitative estimate of drug-likeness (QED) is 0.820. The molecule has 7 heteroatoms. The highest BCUT2D eigenvalue weighted by molar-refractivity contribution is 5.94. The van der Waals surface area contributed by atoms with Gasteiger partial charge in [0.05, 0.1) is 20.3 Å². The normalized spacial score (nSPS) is 11.5. The van der Waals surface area contributed by atoms with E-state index in [1.807, 2.05) is 0 Å². The molecule has 0 heterocycles. The second-order valence-electron chi connectivity index (χ2n) is 5.22. The number of carbonyl (C=O) groups is 2. The molecule has 6 nitrogen and oxygen atoms in total. The Bertz CT molecular complexity index is 761. The number of ether oxygens (including phenoxy) is 2. The summed E-state index contributed by atoms with van der Waals surface area (Å²) in [6, 6.07) is 8.91. The van der Waals surface area contributed by atoms with Crippen LogP contribution in [-0.4, -0.2) is 26.1 Å². The molecule has 1 amide bonds. The number of rotatable bonds is 7. The Morgan fingerprint density at radius 2 is 1.72 bits per heavy atom. The number of nitrogens with one attached hydrogen (secondary N) is 1. The summed E-state index contributed by atoms with van der Waals surface area (Å²) in [6.45, 7) is 0. The molecule has 25 heavy (non-hydrogen) atoms. The molecule has 0 aliphatic rings. The predicted octanol–water partition coefficient (Wildman–Crippen LogP) is 1.45. The van der Waals surface area contributed by atoms with Gasteiger partial charge in [-0.1, -0.05) is 6.07 Å². The maximum absolute atomic E-state index is 13.0. The van der Waals surface area contributed by atoms with Gasteiger partial charge in [0.2, 0.25) is 0 Å². The summed E-state index contributed by atoms with van der Waals surface area (Å²) in [7, 11) is 2.93. The molecule has 0 bridgehead atoms. The molecule has 0 aliphatic carbocycles. The van der Waals surface area contributed by atoms with Crippen molar-refractivity contribution in [3.63, 3.8) is 0 Å². The van der Waals surface area contributed by atoms with E-state index < -0.39 is 30.2 Å². The predicted molar refractivity (Wildman–Crippen MR) is 85.8 cm³/mol. The third kappa shape index (κ3) is 4.69. The second-order valence-corrected chi connectivity index (χ2v) is 5.22. The number of carbonyl (C=O) groups excluding carboxylic acids is 2. The summed E-state index contributed by atoms with van der Waals surface area (Å²) in [5.74, 6) is -1.44. The van der Waals surface area contributed by atoms with Crippen LogP contribution in [-0.2, 0) is 4.79 Å². The van der Waals surface area contributed by atoms with E-state index in [4.69, 9.17) is 9.47 Å². The van der Waals surface area contributed by atoms with Crippen molar-refractivity contribution in [1.82, 2.24) is 5.32 Å². The van der Waals surface area contributed by atoms with Crippen molar-refractivity contribution in [3.05, 3.63) is 59.4 Å². The standard InChI is InChI=1S/C18H18FNO5/c1-24-15-8-5-12(9-16(15)25-2)14(10-17(21)22)20-18(23)11-3-6-13(19)7-4-11/h3-9,14H,10H2,1-2H3,(H,20,23)(H,21,22)/p-1/t14-/m0/s1. The van der Waals surface area contributed by atoms with Gasteiger partial charge in [0.15, 0.2) is 11.5 Å². The van der Waals surface area contributed by atoms with Crippen LogP contribution in [0.4, 0.5) is 4.39 Å². The summed E-state index contributed by atoms with van der Waals surface area (Å²) in [6.07, 6.45) is -0.428. The van der Waals surface area contributed by atoms with Crippen molar-refractivity contribution >= 4 is 11.9 Å². The zero-order valence-electron chi connectivity index (χ0n) is 13.7. The van der Waals surface area contributed by atoms with Gasteiger partial charge < -0.3 is 24.7 Å². The van der Waals surface area contributed by atoms with Gasteiger partial charge in [0.25, 0.3) is 5.91 Å². The first-order valence-electron chi connectivity index (χ1n) is 7.42. The van der Waals surface area contributed by atoms with E-state index in [0.29, 0.717) is 17.1 Å². The van der Waals surface area contributed by atoms with E-state index >= 15 is 0 Å². The molecule has 132 valence electrons. The molecule has 0 fully saturated rings. The summed E-state index contributed by atoms with van der Waals surface area (Å²) in [4.78, 5) is 23.4. The Morgan fingerprint density at radius 1 is 1.08 bits per heavy atom. The van der Waals surface area contributed by atoms with E-state index in [1.165, 1.54) is 26.4 Å². The van der Waals surface area contributed by atoms with Crippen LogP contribution in [0.3, 0.4) is 0 Å².